The Hall–Kier alpha value is -3.26. The lowest BCUT2D eigenvalue weighted by molar-refractivity contribution is -0.142. The van der Waals surface area contributed by atoms with Crippen molar-refractivity contribution < 1.29 is 33.9 Å². The molecule has 0 saturated carbocycles. The molecule has 5 atom stereocenters. The van der Waals surface area contributed by atoms with E-state index in [4.69, 9.17) is 17.2 Å². The Kier molecular flexibility index (Phi) is 16.6. The Morgan fingerprint density at radius 3 is 1.82 bits per heavy atom. The first-order valence-electron chi connectivity index (χ1n) is 13.3. The molecular formula is C25H47N7O7. The number of hydrogen-bond donors (Lipinski definition) is 8. The van der Waals surface area contributed by atoms with E-state index in [1.54, 1.807) is 13.8 Å². The van der Waals surface area contributed by atoms with Gasteiger partial charge < -0.3 is 43.6 Å². The zero-order valence-electron chi connectivity index (χ0n) is 23.6. The van der Waals surface area contributed by atoms with Crippen LogP contribution in [0.4, 0.5) is 0 Å². The van der Waals surface area contributed by atoms with E-state index in [1.165, 1.54) is 6.92 Å². The molecule has 0 aromatic rings. The second-order valence-electron chi connectivity index (χ2n) is 10.4. The van der Waals surface area contributed by atoms with Gasteiger partial charge in [0.1, 0.15) is 24.2 Å². The number of rotatable bonds is 19. The highest BCUT2D eigenvalue weighted by atomic mass is 16.4. The first-order valence-corrected chi connectivity index (χ1v) is 13.3. The van der Waals surface area contributed by atoms with Gasteiger partial charge in [-0.05, 0) is 57.4 Å². The van der Waals surface area contributed by atoms with Crippen molar-refractivity contribution in [2.24, 2.45) is 29.0 Å². The summed E-state index contributed by atoms with van der Waals surface area (Å²) in [7, 11) is 0. The van der Waals surface area contributed by atoms with Crippen LogP contribution in [0.5, 0.6) is 0 Å². The van der Waals surface area contributed by atoms with Crippen LogP contribution in [0.1, 0.15) is 73.1 Å². The van der Waals surface area contributed by atoms with Crippen molar-refractivity contribution in [3.63, 3.8) is 0 Å². The van der Waals surface area contributed by atoms with Crippen LogP contribution in [0.3, 0.4) is 0 Å². The number of unbranched alkanes of at least 4 members (excludes halogenated alkanes) is 1. The molecule has 0 heterocycles. The molecule has 0 aromatic heterocycles. The SMILES string of the molecule is CC(C)CC(NC(=O)C(N)CCC(N)=O)C(=O)NC(C)C(=O)NC(C(=O)NC(CCCCN)C(=O)O)C(C)C. The molecule has 0 bridgehead atoms. The smallest absolute Gasteiger partial charge is 0.326 e. The molecule has 0 rings (SSSR count). The van der Waals surface area contributed by atoms with Crippen molar-refractivity contribution >= 4 is 35.5 Å². The lowest BCUT2D eigenvalue weighted by atomic mass is 10.0. The molecule has 0 spiro atoms. The van der Waals surface area contributed by atoms with Gasteiger partial charge in [-0.3, -0.25) is 24.0 Å². The van der Waals surface area contributed by atoms with Gasteiger partial charge in [0, 0.05) is 6.42 Å². The van der Waals surface area contributed by atoms with Crippen LogP contribution in [0.2, 0.25) is 0 Å². The highest BCUT2D eigenvalue weighted by Gasteiger charge is 2.31. The van der Waals surface area contributed by atoms with Crippen LogP contribution in [-0.2, 0) is 28.8 Å². The second-order valence-corrected chi connectivity index (χ2v) is 10.4. The Labute approximate surface area is 229 Å². The van der Waals surface area contributed by atoms with E-state index in [0.717, 1.165) is 0 Å². The summed E-state index contributed by atoms with van der Waals surface area (Å²) >= 11 is 0. The van der Waals surface area contributed by atoms with Crippen LogP contribution in [0.25, 0.3) is 0 Å². The van der Waals surface area contributed by atoms with Gasteiger partial charge >= 0.3 is 5.97 Å². The standard InChI is InChI=1S/C25H47N7O7/c1-13(2)12-18(31-22(35)16(27)9-10-19(28)33)23(36)29-15(5)21(34)32-20(14(3)4)24(37)30-17(25(38)39)8-6-7-11-26/h13-18,20H,6-12,26-27H2,1-5H3,(H2,28,33)(H,29,36)(H,30,37)(H,31,35)(H,32,34)(H,38,39). The molecule has 0 aliphatic rings. The summed E-state index contributed by atoms with van der Waals surface area (Å²) in [6, 6.07) is -5.31. The summed E-state index contributed by atoms with van der Waals surface area (Å²) in [5.74, 6) is -4.76. The average Bonchev–Trinajstić information content (AvgIpc) is 2.83. The van der Waals surface area contributed by atoms with E-state index in [-0.39, 0.29) is 37.5 Å². The lowest BCUT2D eigenvalue weighted by Crippen LogP contribution is -2.58. The minimum Gasteiger partial charge on any atom is -0.480 e. The van der Waals surface area contributed by atoms with Crippen LogP contribution < -0.4 is 38.5 Å². The van der Waals surface area contributed by atoms with Crippen molar-refractivity contribution in [2.75, 3.05) is 6.54 Å². The Morgan fingerprint density at radius 1 is 0.744 bits per heavy atom. The van der Waals surface area contributed by atoms with E-state index in [9.17, 15) is 33.9 Å². The number of carbonyl (C=O) groups excluding carboxylic acids is 5. The summed E-state index contributed by atoms with van der Waals surface area (Å²) in [6.07, 6.45) is 1.51. The third kappa shape index (κ3) is 14.5. The first-order chi connectivity index (χ1) is 18.1. The van der Waals surface area contributed by atoms with Gasteiger partial charge in [-0.2, -0.15) is 0 Å². The quantitative estimate of drug-likeness (QED) is 0.0855. The number of carboxylic acid groups (broad SMARTS) is 1. The van der Waals surface area contributed by atoms with Crippen molar-refractivity contribution in [3.05, 3.63) is 0 Å². The number of nitrogens with one attached hydrogen (secondary N) is 4. The molecule has 14 nitrogen and oxygen atoms in total. The van der Waals surface area contributed by atoms with Crippen LogP contribution in [-0.4, -0.2) is 77.4 Å². The van der Waals surface area contributed by atoms with Gasteiger partial charge in [-0.15, -0.1) is 0 Å². The molecule has 0 radical (unpaired) electrons. The number of carbonyl (C=O) groups is 6. The molecule has 11 N–H and O–H groups in total. The normalized spacial score (nSPS) is 15.0. The molecule has 0 aliphatic carbocycles. The molecule has 5 unspecified atom stereocenters. The van der Waals surface area contributed by atoms with Crippen molar-refractivity contribution in [2.45, 2.75) is 103 Å². The molecule has 0 aliphatic heterocycles. The number of nitrogens with two attached hydrogens (primary N) is 3. The fraction of sp³-hybridized carbons (Fsp3) is 0.760. The van der Waals surface area contributed by atoms with Crippen LogP contribution in [0.15, 0.2) is 0 Å². The molecule has 39 heavy (non-hydrogen) atoms. The van der Waals surface area contributed by atoms with Gasteiger partial charge in [0.2, 0.25) is 29.5 Å². The maximum atomic E-state index is 12.9. The molecule has 5 amide bonds. The summed E-state index contributed by atoms with van der Waals surface area (Å²) in [5.41, 5.74) is 16.3. The monoisotopic (exact) mass is 557 g/mol. The lowest BCUT2D eigenvalue weighted by Gasteiger charge is -2.27. The number of carboxylic acids is 1. The number of aliphatic carboxylic acids is 1. The fourth-order valence-corrected chi connectivity index (χ4v) is 3.61. The predicted molar refractivity (Wildman–Crippen MR) is 145 cm³/mol. The van der Waals surface area contributed by atoms with Gasteiger partial charge in [0.15, 0.2) is 0 Å². The minimum atomic E-state index is -1.19. The summed E-state index contributed by atoms with van der Waals surface area (Å²) in [5, 5.41) is 19.6. The Balaban J connectivity index is 5.30. The van der Waals surface area contributed by atoms with E-state index in [1.807, 2.05) is 13.8 Å². The van der Waals surface area contributed by atoms with E-state index < -0.39 is 65.7 Å². The third-order valence-corrected chi connectivity index (χ3v) is 5.94. The molecule has 0 saturated heterocycles. The molecule has 14 heteroatoms. The van der Waals surface area contributed by atoms with Crippen molar-refractivity contribution in [1.82, 2.24) is 21.3 Å². The van der Waals surface area contributed by atoms with Crippen LogP contribution in [0, 0.1) is 11.8 Å². The molecule has 224 valence electrons. The Bertz CT molecular complexity index is 851. The Morgan fingerprint density at radius 2 is 1.33 bits per heavy atom. The van der Waals surface area contributed by atoms with Crippen molar-refractivity contribution in [1.29, 1.82) is 0 Å². The highest BCUT2D eigenvalue weighted by molar-refractivity contribution is 5.95. The van der Waals surface area contributed by atoms with E-state index in [2.05, 4.69) is 21.3 Å². The number of amides is 5. The summed E-state index contributed by atoms with van der Waals surface area (Å²) in [6.45, 7) is 8.89. The number of hydrogen-bond acceptors (Lipinski definition) is 8. The minimum absolute atomic E-state index is 0.00748. The predicted octanol–water partition coefficient (Wildman–Crippen LogP) is -1.55. The second kappa shape index (κ2) is 18.1. The van der Waals surface area contributed by atoms with E-state index >= 15 is 0 Å². The fourth-order valence-electron chi connectivity index (χ4n) is 3.61. The van der Waals surface area contributed by atoms with Gasteiger partial charge in [0.05, 0.1) is 6.04 Å². The zero-order chi connectivity index (χ0) is 30.3. The molecule has 0 fully saturated rings. The van der Waals surface area contributed by atoms with Gasteiger partial charge in [0.25, 0.3) is 0 Å². The summed E-state index contributed by atoms with van der Waals surface area (Å²) in [4.78, 5) is 73.6. The van der Waals surface area contributed by atoms with Crippen molar-refractivity contribution in [3.8, 4) is 0 Å². The first kappa shape index (κ1) is 35.7. The zero-order valence-corrected chi connectivity index (χ0v) is 23.6. The maximum Gasteiger partial charge on any atom is 0.326 e. The third-order valence-electron chi connectivity index (χ3n) is 5.94. The largest absolute Gasteiger partial charge is 0.480 e. The highest BCUT2D eigenvalue weighted by Crippen LogP contribution is 2.08. The maximum absolute atomic E-state index is 12.9. The topological polar surface area (TPSA) is 249 Å². The van der Waals surface area contributed by atoms with Gasteiger partial charge in [-0.1, -0.05) is 27.7 Å². The average molecular weight is 558 g/mol. The molecule has 0 aromatic carbocycles. The van der Waals surface area contributed by atoms with E-state index in [0.29, 0.717) is 19.4 Å². The van der Waals surface area contributed by atoms with Gasteiger partial charge in [-0.25, -0.2) is 4.79 Å². The van der Waals surface area contributed by atoms with Crippen LogP contribution >= 0.6 is 0 Å². The number of primary amides is 1. The molecular weight excluding hydrogens is 510 g/mol. The summed E-state index contributed by atoms with van der Waals surface area (Å²) < 4.78 is 0.